The van der Waals surface area contributed by atoms with Gasteiger partial charge >= 0.3 is 0 Å². The van der Waals surface area contributed by atoms with Gasteiger partial charge in [0.15, 0.2) is 0 Å². The Morgan fingerprint density at radius 2 is 2.11 bits per heavy atom. The van der Waals surface area contributed by atoms with E-state index in [2.05, 4.69) is 33.9 Å². The average molecular weight is 259 g/mol. The Bertz CT molecular complexity index is 465. The Morgan fingerprint density at radius 1 is 1.32 bits per heavy atom. The molecule has 0 amide bonds. The minimum Gasteiger partial charge on any atom is -0.497 e. The molecule has 1 atom stereocenters. The number of nitrogens with one attached hydrogen (secondary N) is 1. The van der Waals surface area contributed by atoms with Crippen LogP contribution in [0.25, 0.3) is 0 Å². The average Bonchev–Trinajstić information content (AvgIpc) is 2.96. The summed E-state index contributed by atoms with van der Waals surface area (Å²) in [6, 6.07) is 8.56. The molecule has 2 rings (SSSR count). The van der Waals surface area contributed by atoms with Gasteiger partial charge in [0, 0.05) is 25.0 Å². The zero-order chi connectivity index (χ0) is 13.5. The highest BCUT2D eigenvalue weighted by Gasteiger charge is 2.04. The fraction of sp³-hybridized carbons (Fsp3) is 0.400. The normalized spacial score (nSPS) is 12.3. The molecule has 1 aromatic heterocycles. The molecule has 4 heteroatoms. The van der Waals surface area contributed by atoms with Crippen molar-refractivity contribution in [1.82, 2.24) is 14.9 Å². The van der Waals surface area contributed by atoms with E-state index in [4.69, 9.17) is 4.74 Å². The molecule has 1 heterocycles. The third kappa shape index (κ3) is 4.10. The monoisotopic (exact) mass is 259 g/mol. The van der Waals surface area contributed by atoms with Crippen LogP contribution in [0.4, 0.5) is 0 Å². The van der Waals surface area contributed by atoms with Crippen molar-refractivity contribution in [2.75, 3.05) is 13.7 Å². The highest BCUT2D eigenvalue weighted by atomic mass is 16.5. The van der Waals surface area contributed by atoms with Crippen LogP contribution in [-0.4, -0.2) is 23.2 Å². The van der Waals surface area contributed by atoms with E-state index in [-0.39, 0.29) is 0 Å². The summed E-state index contributed by atoms with van der Waals surface area (Å²) < 4.78 is 7.26. The van der Waals surface area contributed by atoms with E-state index < -0.39 is 0 Å². The largest absolute Gasteiger partial charge is 0.497 e. The summed E-state index contributed by atoms with van der Waals surface area (Å²) >= 11 is 0. The third-order valence-corrected chi connectivity index (χ3v) is 3.22. The Hall–Kier alpha value is -1.81. The van der Waals surface area contributed by atoms with Gasteiger partial charge < -0.3 is 14.6 Å². The Balaban J connectivity index is 1.72. The number of benzene rings is 1. The first-order valence-electron chi connectivity index (χ1n) is 6.62. The molecule has 0 aliphatic carbocycles. The summed E-state index contributed by atoms with van der Waals surface area (Å²) in [6.07, 6.45) is 6.75. The molecule has 0 radical (unpaired) electrons. The quantitative estimate of drug-likeness (QED) is 0.777. The van der Waals surface area contributed by atoms with Crippen molar-refractivity contribution in [2.24, 2.45) is 0 Å². The first-order valence-corrected chi connectivity index (χ1v) is 6.62. The summed E-state index contributed by atoms with van der Waals surface area (Å²) in [5.74, 6) is 0.899. The number of hydrogen-bond acceptors (Lipinski definition) is 3. The van der Waals surface area contributed by atoms with Crippen LogP contribution in [0, 0.1) is 0 Å². The van der Waals surface area contributed by atoms with Gasteiger partial charge in [-0.2, -0.15) is 0 Å². The number of ether oxygens (including phenoxy) is 1. The number of rotatable bonds is 7. The lowest BCUT2D eigenvalue weighted by Crippen LogP contribution is -2.20. The van der Waals surface area contributed by atoms with Crippen molar-refractivity contribution in [1.29, 1.82) is 0 Å². The van der Waals surface area contributed by atoms with Gasteiger partial charge in [0.1, 0.15) is 5.75 Å². The van der Waals surface area contributed by atoms with Crippen LogP contribution in [0.3, 0.4) is 0 Å². The van der Waals surface area contributed by atoms with Gasteiger partial charge in [0.2, 0.25) is 0 Å². The smallest absolute Gasteiger partial charge is 0.118 e. The minimum atomic E-state index is 0.355. The van der Waals surface area contributed by atoms with E-state index in [1.165, 1.54) is 5.56 Å². The number of aryl methyl sites for hydroxylation is 1. The molecule has 0 saturated carbocycles. The molecule has 19 heavy (non-hydrogen) atoms. The van der Waals surface area contributed by atoms with Gasteiger partial charge in [-0.1, -0.05) is 12.1 Å². The second-order valence-corrected chi connectivity index (χ2v) is 4.60. The van der Waals surface area contributed by atoms with Crippen LogP contribution in [-0.2, 0) is 6.54 Å². The molecular weight excluding hydrogens is 238 g/mol. The molecule has 0 aliphatic heterocycles. The second-order valence-electron chi connectivity index (χ2n) is 4.60. The standard InChI is InChI=1S/C15H21N3O/c1-13(14-4-6-15(19-2)7-5-14)17-8-3-10-18-11-9-16-12-18/h4-7,9,11-13,17H,3,8,10H2,1-2H3. The molecule has 0 saturated heterocycles. The number of aromatic nitrogens is 2. The molecule has 0 spiro atoms. The maximum Gasteiger partial charge on any atom is 0.118 e. The van der Waals surface area contributed by atoms with E-state index in [0.717, 1.165) is 25.3 Å². The molecule has 0 fully saturated rings. The van der Waals surface area contributed by atoms with E-state index in [0.29, 0.717) is 6.04 Å². The van der Waals surface area contributed by atoms with Crippen molar-refractivity contribution >= 4 is 0 Å². The van der Waals surface area contributed by atoms with Crippen molar-refractivity contribution in [2.45, 2.75) is 25.9 Å². The van der Waals surface area contributed by atoms with Crippen molar-refractivity contribution in [3.63, 3.8) is 0 Å². The van der Waals surface area contributed by atoms with E-state index in [1.807, 2.05) is 30.9 Å². The zero-order valence-electron chi connectivity index (χ0n) is 11.5. The maximum atomic E-state index is 5.16. The van der Waals surface area contributed by atoms with Gasteiger partial charge in [0.05, 0.1) is 13.4 Å². The molecule has 0 bridgehead atoms. The molecule has 1 unspecified atom stereocenters. The van der Waals surface area contributed by atoms with E-state index in [9.17, 15) is 0 Å². The Labute approximate surface area is 114 Å². The summed E-state index contributed by atoms with van der Waals surface area (Å²) in [5.41, 5.74) is 1.28. The summed E-state index contributed by atoms with van der Waals surface area (Å²) in [5, 5.41) is 3.52. The number of methoxy groups -OCH3 is 1. The van der Waals surface area contributed by atoms with Crippen molar-refractivity contribution in [3.05, 3.63) is 48.5 Å². The van der Waals surface area contributed by atoms with Crippen LogP contribution >= 0.6 is 0 Å². The van der Waals surface area contributed by atoms with E-state index in [1.54, 1.807) is 7.11 Å². The molecule has 4 nitrogen and oxygen atoms in total. The second kappa shape index (κ2) is 6.95. The molecule has 2 aromatic rings. The maximum absolute atomic E-state index is 5.16. The fourth-order valence-corrected chi connectivity index (χ4v) is 2.01. The number of nitrogens with zero attached hydrogens (tertiary/aromatic N) is 2. The Kier molecular flexibility index (Phi) is 4.98. The van der Waals surface area contributed by atoms with Gasteiger partial charge in [-0.15, -0.1) is 0 Å². The van der Waals surface area contributed by atoms with E-state index >= 15 is 0 Å². The highest BCUT2D eigenvalue weighted by molar-refractivity contribution is 5.28. The van der Waals surface area contributed by atoms with Crippen LogP contribution in [0.1, 0.15) is 24.9 Å². The summed E-state index contributed by atoms with van der Waals surface area (Å²) in [4.78, 5) is 4.03. The molecule has 0 aliphatic rings. The zero-order valence-corrected chi connectivity index (χ0v) is 11.5. The summed E-state index contributed by atoms with van der Waals surface area (Å²) in [7, 11) is 1.69. The first-order chi connectivity index (χ1) is 9.29. The van der Waals surface area contributed by atoms with Crippen molar-refractivity contribution in [3.8, 4) is 5.75 Å². The van der Waals surface area contributed by atoms with Gasteiger partial charge in [-0.25, -0.2) is 4.98 Å². The SMILES string of the molecule is COc1ccc(C(C)NCCCn2ccnc2)cc1. The number of imidazole rings is 1. The van der Waals surface area contributed by atoms with Crippen LogP contribution < -0.4 is 10.1 Å². The molecule has 1 aromatic carbocycles. The molecule has 102 valence electrons. The van der Waals surface area contributed by atoms with Crippen LogP contribution in [0.15, 0.2) is 43.0 Å². The minimum absolute atomic E-state index is 0.355. The predicted octanol–water partition coefficient (Wildman–Crippen LogP) is 2.63. The number of hydrogen-bond donors (Lipinski definition) is 1. The lowest BCUT2D eigenvalue weighted by molar-refractivity contribution is 0.414. The topological polar surface area (TPSA) is 39.1 Å². The van der Waals surface area contributed by atoms with Crippen molar-refractivity contribution < 1.29 is 4.74 Å². The highest BCUT2D eigenvalue weighted by Crippen LogP contribution is 2.17. The van der Waals surface area contributed by atoms with Gasteiger partial charge in [0.25, 0.3) is 0 Å². The lowest BCUT2D eigenvalue weighted by atomic mass is 10.1. The molecular formula is C15H21N3O. The fourth-order valence-electron chi connectivity index (χ4n) is 2.01. The van der Waals surface area contributed by atoms with Crippen LogP contribution in [0.2, 0.25) is 0 Å². The third-order valence-electron chi connectivity index (χ3n) is 3.22. The predicted molar refractivity (Wildman–Crippen MR) is 76.3 cm³/mol. The molecule has 1 N–H and O–H groups in total. The Morgan fingerprint density at radius 3 is 2.74 bits per heavy atom. The lowest BCUT2D eigenvalue weighted by Gasteiger charge is -2.14. The summed E-state index contributed by atoms with van der Waals surface area (Å²) in [6.45, 7) is 4.17. The van der Waals surface area contributed by atoms with Gasteiger partial charge in [-0.05, 0) is 37.6 Å². The first kappa shape index (κ1) is 13.6. The van der Waals surface area contributed by atoms with Crippen LogP contribution in [0.5, 0.6) is 5.75 Å². The van der Waals surface area contributed by atoms with Gasteiger partial charge in [-0.3, -0.25) is 0 Å².